The number of hydrogen-bond acceptors (Lipinski definition) is 5. The average molecular weight is 481 g/mol. The van der Waals surface area contributed by atoms with Crippen molar-refractivity contribution in [3.63, 3.8) is 0 Å². The predicted molar refractivity (Wildman–Crippen MR) is 110 cm³/mol. The number of primary amides is 1. The third-order valence-electron chi connectivity index (χ3n) is 4.56. The minimum Gasteiger partial charge on any atom is -0.490 e. The number of benzene rings is 2. The molecule has 1 heterocycles. The van der Waals surface area contributed by atoms with Gasteiger partial charge in [0.05, 0.1) is 18.2 Å². The molecule has 0 aliphatic carbocycles. The lowest BCUT2D eigenvalue weighted by Crippen LogP contribution is -2.18. The van der Waals surface area contributed by atoms with E-state index >= 15 is 0 Å². The van der Waals surface area contributed by atoms with Crippen molar-refractivity contribution in [1.82, 2.24) is 4.98 Å². The minimum absolute atomic E-state index is 0.0736. The molecule has 7 nitrogen and oxygen atoms in total. The number of ether oxygens (including phenoxy) is 2. The summed E-state index contributed by atoms with van der Waals surface area (Å²) in [5.74, 6) is -6.24. The monoisotopic (exact) mass is 481 g/mol. The SMILES string of the molecule is COc1c(Oc2cc(C(F)(F)F)cc(C)c2C(=O)Nc2ccnc(C(N)=O)c2)ccc(F)c1F. The van der Waals surface area contributed by atoms with Gasteiger partial charge in [-0.2, -0.15) is 17.6 Å². The largest absolute Gasteiger partial charge is 0.490 e. The number of halogens is 5. The van der Waals surface area contributed by atoms with Crippen molar-refractivity contribution >= 4 is 17.5 Å². The summed E-state index contributed by atoms with van der Waals surface area (Å²) in [6, 6.07) is 5.39. The molecule has 0 unspecified atom stereocenters. The van der Waals surface area contributed by atoms with Crippen molar-refractivity contribution in [2.24, 2.45) is 5.73 Å². The van der Waals surface area contributed by atoms with E-state index in [0.29, 0.717) is 12.1 Å². The number of amides is 2. The first kappa shape index (κ1) is 24.4. The predicted octanol–water partition coefficient (Wildman–Crippen LogP) is 4.84. The summed E-state index contributed by atoms with van der Waals surface area (Å²) >= 11 is 0. The Labute approximate surface area is 189 Å². The molecule has 0 radical (unpaired) electrons. The van der Waals surface area contributed by atoms with E-state index in [0.717, 1.165) is 19.2 Å². The summed E-state index contributed by atoms with van der Waals surface area (Å²) in [6.45, 7) is 1.24. The maximum absolute atomic E-state index is 14.1. The molecular formula is C22H16F5N3O4. The number of nitrogens with one attached hydrogen (secondary N) is 1. The first-order valence-corrected chi connectivity index (χ1v) is 9.41. The van der Waals surface area contributed by atoms with Crippen LogP contribution in [0.1, 0.15) is 32.0 Å². The Morgan fingerprint density at radius 2 is 1.76 bits per heavy atom. The van der Waals surface area contributed by atoms with Crippen LogP contribution in [0.15, 0.2) is 42.6 Å². The molecule has 0 saturated carbocycles. The summed E-state index contributed by atoms with van der Waals surface area (Å²) in [4.78, 5) is 28.0. The maximum atomic E-state index is 14.1. The Hall–Kier alpha value is -4.22. The number of nitrogens with two attached hydrogens (primary N) is 1. The smallest absolute Gasteiger partial charge is 0.416 e. The molecule has 0 spiro atoms. The highest BCUT2D eigenvalue weighted by atomic mass is 19.4. The fourth-order valence-electron chi connectivity index (χ4n) is 3.03. The van der Waals surface area contributed by atoms with Crippen LogP contribution >= 0.6 is 0 Å². The van der Waals surface area contributed by atoms with Gasteiger partial charge in [0.15, 0.2) is 11.6 Å². The number of aromatic nitrogens is 1. The first-order valence-electron chi connectivity index (χ1n) is 9.41. The number of hydrogen-bond donors (Lipinski definition) is 2. The molecule has 0 bridgehead atoms. The van der Waals surface area contributed by atoms with E-state index in [1.54, 1.807) is 0 Å². The topological polar surface area (TPSA) is 104 Å². The number of alkyl halides is 3. The van der Waals surface area contributed by atoms with Crippen LogP contribution in [0.4, 0.5) is 27.6 Å². The second-order valence-electron chi connectivity index (χ2n) is 6.91. The van der Waals surface area contributed by atoms with Gasteiger partial charge in [-0.1, -0.05) is 0 Å². The summed E-state index contributed by atoms with van der Waals surface area (Å²) in [5.41, 5.74) is 3.46. The summed E-state index contributed by atoms with van der Waals surface area (Å²) in [5, 5.41) is 2.41. The number of methoxy groups -OCH3 is 1. The third kappa shape index (κ3) is 5.05. The molecule has 0 atom stereocenters. The molecule has 3 aromatic rings. The number of nitrogens with zero attached hydrogens (tertiary/aromatic N) is 1. The van der Waals surface area contributed by atoms with E-state index in [2.05, 4.69) is 10.3 Å². The van der Waals surface area contributed by atoms with Crippen LogP contribution in [0.3, 0.4) is 0 Å². The Kier molecular flexibility index (Phi) is 6.70. The lowest BCUT2D eigenvalue weighted by Gasteiger charge is -2.18. The zero-order valence-corrected chi connectivity index (χ0v) is 17.6. The normalized spacial score (nSPS) is 11.1. The van der Waals surface area contributed by atoms with Gasteiger partial charge in [0.2, 0.25) is 11.6 Å². The zero-order chi connectivity index (χ0) is 25.2. The number of pyridine rings is 1. The van der Waals surface area contributed by atoms with Gasteiger partial charge in [0.1, 0.15) is 11.4 Å². The molecule has 34 heavy (non-hydrogen) atoms. The van der Waals surface area contributed by atoms with Crippen LogP contribution in [0, 0.1) is 18.6 Å². The summed E-state index contributed by atoms with van der Waals surface area (Å²) in [6.07, 6.45) is -3.60. The van der Waals surface area contributed by atoms with E-state index in [1.807, 2.05) is 0 Å². The molecule has 2 aromatic carbocycles. The highest BCUT2D eigenvalue weighted by Crippen LogP contribution is 2.40. The van der Waals surface area contributed by atoms with E-state index in [-0.39, 0.29) is 22.5 Å². The molecule has 2 amide bonds. The fourth-order valence-corrected chi connectivity index (χ4v) is 3.03. The van der Waals surface area contributed by atoms with Gasteiger partial charge in [-0.05, 0) is 48.9 Å². The van der Waals surface area contributed by atoms with Crippen molar-refractivity contribution in [2.45, 2.75) is 13.1 Å². The average Bonchev–Trinajstić information content (AvgIpc) is 2.75. The van der Waals surface area contributed by atoms with Crippen LogP contribution in [-0.2, 0) is 6.18 Å². The van der Waals surface area contributed by atoms with Crippen LogP contribution < -0.4 is 20.5 Å². The Morgan fingerprint density at radius 3 is 2.38 bits per heavy atom. The van der Waals surface area contributed by atoms with Gasteiger partial charge in [0, 0.05) is 11.9 Å². The second kappa shape index (κ2) is 9.33. The van der Waals surface area contributed by atoms with Gasteiger partial charge >= 0.3 is 6.18 Å². The molecule has 3 N–H and O–H groups in total. The molecular weight excluding hydrogens is 465 g/mol. The van der Waals surface area contributed by atoms with Gasteiger partial charge in [0.25, 0.3) is 11.8 Å². The first-order chi connectivity index (χ1) is 15.9. The van der Waals surface area contributed by atoms with Crippen molar-refractivity contribution in [3.05, 3.63) is 76.6 Å². The molecule has 0 fully saturated rings. The van der Waals surface area contributed by atoms with Crippen LogP contribution in [0.25, 0.3) is 0 Å². The van der Waals surface area contributed by atoms with Gasteiger partial charge < -0.3 is 20.5 Å². The molecule has 0 saturated heterocycles. The fraction of sp³-hybridized carbons (Fsp3) is 0.136. The van der Waals surface area contributed by atoms with Crippen LogP contribution in [-0.4, -0.2) is 23.9 Å². The van der Waals surface area contributed by atoms with Crippen LogP contribution in [0.5, 0.6) is 17.2 Å². The van der Waals surface area contributed by atoms with Gasteiger partial charge in [-0.25, -0.2) is 4.39 Å². The molecule has 0 aliphatic heterocycles. The van der Waals surface area contributed by atoms with E-state index in [4.69, 9.17) is 15.2 Å². The highest BCUT2D eigenvalue weighted by molar-refractivity contribution is 6.07. The molecule has 178 valence electrons. The number of aryl methyl sites for hydroxylation is 1. The van der Waals surface area contributed by atoms with E-state index < -0.39 is 52.4 Å². The Bertz CT molecular complexity index is 1280. The molecule has 1 aromatic heterocycles. The number of rotatable bonds is 6. The quantitative estimate of drug-likeness (QED) is 0.491. The second-order valence-corrected chi connectivity index (χ2v) is 6.91. The van der Waals surface area contributed by atoms with E-state index in [9.17, 15) is 31.5 Å². The summed E-state index contributed by atoms with van der Waals surface area (Å²) in [7, 11) is 1.01. The molecule has 3 rings (SSSR count). The minimum atomic E-state index is -4.79. The summed E-state index contributed by atoms with van der Waals surface area (Å²) < 4.78 is 78.1. The Balaban J connectivity index is 2.10. The van der Waals surface area contributed by atoms with Gasteiger partial charge in [-0.15, -0.1) is 0 Å². The van der Waals surface area contributed by atoms with Crippen LogP contribution in [0.2, 0.25) is 0 Å². The van der Waals surface area contributed by atoms with Crippen molar-refractivity contribution < 1.29 is 41.0 Å². The third-order valence-corrected chi connectivity index (χ3v) is 4.56. The lowest BCUT2D eigenvalue weighted by atomic mass is 10.0. The zero-order valence-electron chi connectivity index (χ0n) is 17.6. The van der Waals surface area contributed by atoms with Gasteiger partial charge in [-0.3, -0.25) is 14.6 Å². The Morgan fingerprint density at radius 1 is 1.06 bits per heavy atom. The molecule has 0 aliphatic rings. The number of carbonyl (C=O) groups is 2. The van der Waals surface area contributed by atoms with E-state index in [1.165, 1.54) is 25.3 Å². The maximum Gasteiger partial charge on any atom is 0.416 e. The van der Waals surface area contributed by atoms with Crippen molar-refractivity contribution in [3.8, 4) is 17.2 Å². The lowest BCUT2D eigenvalue weighted by molar-refractivity contribution is -0.137. The molecule has 12 heteroatoms. The van der Waals surface area contributed by atoms with Crippen molar-refractivity contribution in [2.75, 3.05) is 12.4 Å². The number of anilines is 1. The van der Waals surface area contributed by atoms with Crippen molar-refractivity contribution in [1.29, 1.82) is 0 Å². The number of carbonyl (C=O) groups excluding carboxylic acids is 2. The standard InChI is InChI=1S/C22H16F5N3O4/c1-10-7-11(22(25,26)27)8-16(34-15-4-3-13(23)18(24)19(15)33-2)17(10)21(32)30-12-5-6-29-14(9-12)20(28)31/h3-9H,1-2H3,(H2,28,31)(H,29,30,32). The highest BCUT2D eigenvalue weighted by Gasteiger charge is 2.33.